The summed E-state index contributed by atoms with van der Waals surface area (Å²) in [6, 6.07) is 30.9. The Morgan fingerprint density at radius 3 is 1.66 bits per heavy atom. The van der Waals surface area contributed by atoms with Crippen molar-refractivity contribution in [1.82, 2.24) is 0 Å². The molecule has 2 fully saturated rings. The largest absolute Gasteiger partial charge is 0.357 e. The van der Waals surface area contributed by atoms with Gasteiger partial charge in [-0.2, -0.15) is 8.42 Å². The topological polar surface area (TPSA) is 52.6 Å². The van der Waals surface area contributed by atoms with E-state index in [1.165, 1.54) is 0 Å². The van der Waals surface area contributed by atoms with Crippen molar-refractivity contribution < 1.29 is 17.3 Å². The van der Waals surface area contributed by atoms with Gasteiger partial charge in [-0.05, 0) is 47.3 Å². The molecule has 0 heterocycles. The van der Waals surface area contributed by atoms with Crippen molar-refractivity contribution in [3.05, 3.63) is 108 Å². The first-order chi connectivity index (χ1) is 16.6. The van der Waals surface area contributed by atoms with E-state index in [-0.39, 0.29) is 23.5 Å². The van der Waals surface area contributed by atoms with Crippen LogP contribution in [0.1, 0.15) is 43.9 Å². The van der Waals surface area contributed by atoms with Crippen molar-refractivity contribution in [1.29, 1.82) is 0 Å². The molecule has 184 valence electrons. The fourth-order valence-electron chi connectivity index (χ4n) is 6.64. The molecule has 35 heavy (non-hydrogen) atoms. The van der Waals surface area contributed by atoms with Crippen molar-refractivity contribution in [2.75, 3.05) is 6.26 Å². The van der Waals surface area contributed by atoms with Crippen molar-refractivity contribution in [2.45, 2.75) is 45.0 Å². The van der Waals surface area contributed by atoms with Crippen LogP contribution >= 0.6 is 0 Å². The third kappa shape index (κ3) is 4.35. The molecule has 2 aliphatic rings. The number of fused-ring (bicyclic) bond motifs is 1. The zero-order chi connectivity index (χ0) is 24.8. The lowest BCUT2D eigenvalue weighted by Crippen LogP contribution is -2.42. The summed E-state index contributed by atoms with van der Waals surface area (Å²) in [5, 5.41) is 0. The van der Waals surface area contributed by atoms with E-state index in [0.29, 0.717) is 11.8 Å². The first-order valence-electron chi connectivity index (χ1n) is 12.4. The Balaban J connectivity index is 1.62. The van der Waals surface area contributed by atoms with E-state index in [0.717, 1.165) is 29.4 Å². The highest BCUT2D eigenvalue weighted by Gasteiger charge is 2.69. The molecule has 2 saturated carbocycles. The summed E-state index contributed by atoms with van der Waals surface area (Å²) in [5.74, 6) is 0.786. The van der Waals surface area contributed by atoms with Crippen molar-refractivity contribution in [2.24, 2.45) is 23.2 Å². The fourth-order valence-corrected chi connectivity index (χ4v) is 7.30. The minimum Gasteiger partial charge on any atom is -0.357 e. The molecule has 0 amide bonds. The lowest BCUT2D eigenvalue weighted by Gasteiger charge is -2.41. The molecule has 0 N–H and O–H groups in total. The van der Waals surface area contributed by atoms with Crippen molar-refractivity contribution in [3.63, 3.8) is 0 Å². The molecule has 5 rings (SSSR count). The number of rotatable bonds is 8. The zero-order valence-electron chi connectivity index (χ0n) is 20.8. The molecular formula is C30H34O4S. The number of hydrogen-bond donors (Lipinski definition) is 0. The molecule has 3 aromatic carbocycles. The van der Waals surface area contributed by atoms with Gasteiger partial charge in [0.15, 0.2) is 0 Å². The smallest absolute Gasteiger partial charge is 0.264 e. The molecule has 0 aliphatic heterocycles. The highest BCUT2D eigenvalue weighted by molar-refractivity contribution is 7.86. The Labute approximate surface area is 209 Å². The van der Waals surface area contributed by atoms with Gasteiger partial charge in [0, 0.05) is 5.92 Å². The highest BCUT2D eigenvalue weighted by atomic mass is 32.2. The minimum atomic E-state index is -3.57. The average Bonchev–Trinajstić information content (AvgIpc) is 3.15. The molecule has 4 nitrogen and oxygen atoms in total. The van der Waals surface area contributed by atoms with Crippen LogP contribution in [0.15, 0.2) is 91.0 Å². The Kier molecular flexibility index (Phi) is 6.15. The lowest BCUT2D eigenvalue weighted by molar-refractivity contribution is -0.0895. The summed E-state index contributed by atoms with van der Waals surface area (Å²) in [7, 11) is -3.57. The summed E-state index contributed by atoms with van der Waals surface area (Å²) < 4.78 is 37.1. The molecule has 0 spiro atoms. The lowest BCUT2D eigenvalue weighted by atomic mass is 9.79. The summed E-state index contributed by atoms with van der Waals surface area (Å²) in [6.45, 7) is 6.64. The Hall–Kier alpha value is -2.47. The number of ether oxygens (including phenoxy) is 1. The summed E-state index contributed by atoms with van der Waals surface area (Å²) in [5.41, 5.74) is 2.42. The van der Waals surface area contributed by atoms with Gasteiger partial charge >= 0.3 is 0 Å². The Morgan fingerprint density at radius 2 is 1.26 bits per heavy atom. The first kappa shape index (κ1) is 24.2. The molecule has 0 saturated heterocycles. The molecule has 5 atom stereocenters. The van der Waals surface area contributed by atoms with Gasteiger partial charge in [0.05, 0.1) is 18.5 Å². The van der Waals surface area contributed by atoms with Gasteiger partial charge in [0.25, 0.3) is 10.1 Å². The maximum atomic E-state index is 12.1. The molecule has 0 radical (unpaired) electrons. The van der Waals surface area contributed by atoms with E-state index in [1.807, 2.05) is 54.6 Å². The predicted molar refractivity (Wildman–Crippen MR) is 138 cm³/mol. The van der Waals surface area contributed by atoms with Gasteiger partial charge in [0.2, 0.25) is 0 Å². The second-order valence-corrected chi connectivity index (χ2v) is 12.3. The van der Waals surface area contributed by atoms with Gasteiger partial charge < -0.3 is 4.74 Å². The van der Waals surface area contributed by atoms with Crippen LogP contribution in [0, 0.1) is 23.2 Å². The van der Waals surface area contributed by atoms with E-state index in [4.69, 9.17) is 8.92 Å². The molecule has 0 bridgehead atoms. The standard InChI is InChI=1S/C30H34O4S/c1-21(27-26(34-35(4,31)32)20-25-28(27)29(25,2)3)33-30(22-14-8-5-9-15-22,23-16-10-6-11-17-23)24-18-12-7-13-19-24/h5-19,21,25-28H,20H2,1-4H3/t21?,25-,26+,27+,28-/m0/s1. The predicted octanol–water partition coefficient (Wildman–Crippen LogP) is 6.02. The molecule has 3 aromatic rings. The summed E-state index contributed by atoms with van der Waals surface area (Å²) >= 11 is 0. The van der Waals surface area contributed by atoms with Crippen LogP contribution in [0.4, 0.5) is 0 Å². The van der Waals surface area contributed by atoms with E-state index in [1.54, 1.807) is 0 Å². The normalized spacial score (nSPS) is 26.2. The zero-order valence-corrected chi connectivity index (χ0v) is 21.6. The second-order valence-electron chi connectivity index (χ2n) is 10.7. The summed E-state index contributed by atoms with van der Waals surface area (Å²) in [4.78, 5) is 0. The fraction of sp³-hybridized carbons (Fsp3) is 0.400. The Bertz CT molecular complexity index is 1160. The van der Waals surface area contributed by atoms with Gasteiger partial charge in [-0.25, -0.2) is 0 Å². The average molecular weight is 491 g/mol. The SMILES string of the molecule is CC(OC(c1ccccc1)(c1ccccc1)c1ccccc1)[C@H]1[C@@H]2[C@H](C[C@H]1OS(C)(=O)=O)C2(C)C. The van der Waals surface area contributed by atoms with Crippen molar-refractivity contribution >= 4 is 10.1 Å². The Morgan fingerprint density at radius 1 is 0.829 bits per heavy atom. The third-order valence-electron chi connectivity index (χ3n) is 8.21. The third-order valence-corrected chi connectivity index (χ3v) is 8.81. The number of benzene rings is 3. The van der Waals surface area contributed by atoms with Crippen LogP contribution in [0.3, 0.4) is 0 Å². The van der Waals surface area contributed by atoms with Crippen LogP contribution in [-0.4, -0.2) is 26.9 Å². The molecular weight excluding hydrogens is 456 g/mol. The maximum absolute atomic E-state index is 12.1. The molecule has 5 heteroatoms. The van der Waals surface area contributed by atoms with Gasteiger partial charge in [-0.3, -0.25) is 4.18 Å². The van der Waals surface area contributed by atoms with Crippen LogP contribution in [0.2, 0.25) is 0 Å². The van der Waals surface area contributed by atoms with Crippen LogP contribution in [0.5, 0.6) is 0 Å². The first-order valence-corrected chi connectivity index (χ1v) is 14.2. The summed E-state index contributed by atoms with van der Waals surface area (Å²) in [6.07, 6.45) is 1.27. The van der Waals surface area contributed by atoms with E-state index in [9.17, 15) is 8.42 Å². The minimum absolute atomic E-state index is 0.0276. The van der Waals surface area contributed by atoms with Gasteiger partial charge in [0.1, 0.15) is 5.60 Å². The number of hydrogen-bond acceptors (Lipinski definition) is 4. The van der Waals surface area contributed by atoms with Crippen LogP contribution in [0.25, 0.3) is 0 Å². The quantitative estimate of drug-likeness (QED) is 0.286. The van der Waals surface area contributed by atoms with Gasteiger partial charge in [-0.15, -0.1) is 0 Å². The van der Waals surface area contributed by atoms with E-state index >= 15 is 0 Å². The van der Waals surface area contributed by atoms with E-state index in [2.05, 4.69) is 57.2 Å². The highest BCUT2D eigenvalue weighted by Crippen LogP contribution is 2.70. The van der Waals surface area contributed by atoms with Crippen LogP contribution in [-0.2, 0) is 24.6 Å². The van der Waals surface area contributed by atoms with E-state index < -0.39 is 15.7 Å². The van der Waals surface area contributed by atoms with Crippen LogP contribution < -0.4 is 0 Å². The monoisotopic (exact) mass is 490 g/mol. The second kappa shape index (κ2) is 8.88. The molecule has 0 aromatic heterocycles. The molecule has 2 aliphatic carbocycles. The van der Waals surface area contributed by atoms with Crippen molar-refractivity contribution in [3.8, 4) is 0 Å². The maximum Gasteiger partial charge on any atom is 0.264 e. The molecule has 1 unspecified atom stereocenters. The van der Waals surface area contributed by atoms with Gasteiger partial charge in [-0.1, -0.05) is 105 Å².